The molecule has 1 fully saturated rings. The number of ether oxygens (including phenoxy) is 2. The van der Waals surface area contributed by atoms with Crippen molar-refractivity contribution < 1.29 is 14.3 Å². The lowest BCUT2D eigenvalue weighted by Gasteiger charge is -2.14. The highest BCUT2D eigenvalue weighted by Gasteiger charge is 2.11. The molecule has 0 bridgehead atoms. The van der Waals surface area contributed by atoms with Crippen molar-refractivity contribution in [2.75, 3.05) is 40.4 Å². The first-order valence-electron chi connectivity index (χ1n) is 7.96. The maximum atomic E-state index is 12.2. The Labute approximate surface area is 132 Å². The van der Waals surface area contributed by atoms with Gasteiger partial charge in [0.1, 0.15) is 11.5 Å². The molecule has 122 valence electrons. The summed E-state index contributed by atoms with van der Waals surface area (Å²) >= 11 is 0. The molecule has 22 heavy (non-hydrogen) atoms. The molecule has 1 aromatic carbocycles. The van der Waals surface area contributed by atoms with Crippen LogP contribution in [0.4, 0.5) is 0 Å². The second kappa shape index (κ2) is 8.63. The average Bonchev–Trinajstić information content (AvgIpc) is 3.07. The molecule has 1 heterocycles. The van der Waals surface area contributed by atoms with Crippen LogP contribution in [0.2, 0.25) is 0 Å². The number of benzene rings is 1. The predicted octanol–water partition coefficient (Wildman–Crippen LogP) is 2.31. The van der Waals surface area contributed by atoms with E-state index in [4.69, 9.17) is 9.47 Å². The van der Waals surface area contributed by atoms with E-state index in [1.807, 2.05) is 0 Å². The Morgan fingerprint density at radius 1 is 1.09 bits per heavy atom. The van der Waals surface area contributed by atoms with Crippen LogP contribution in [0.1, 0.15) is 36.0 Å². The van der Waals surface area contributed by atoms with Gasteiger partial charge in [0.2, 0.25) is 0 Å². The van der Waals surface area contributed by atoms with Gasteiger partial charge < -0.3 is 19.7 Å². The molecular formula is C17H26N2O3. The van der Waals surface area contributed by atoms with Gasteiger partial charge in [-0.2, -0.15) is 0 Å². The van der Waals surface area contributed by atoms with Gasteiger partial charge in [0.15, 0.2) is 0 Å². The number of hydrogen-bond donors (Lipinski definition) is 1. The predicted molar refractivity (Wildman–Crippen MR) is 86.8 cm³/mol. The van der Waals surface area contributed by atoms with Crippen LogP contribution in [0.3, 0.4) is 0 Å². The molecule has 0 spiro atoms. The van der Waals surface area contributed by atoms with Gasteiger partial charge in [-0.3, -0.25) is 4.79 Å². The largest absolute Gasteiger partial charge is 0.497 e. The maximum absolute atomic E-state index is 12.2. The highest BCUT2D eigenvalue weighted by molar-refractivity contribution is 5.95. The molecule has 0 radical (unpaired) electrons. The number of amides is 1. The molecule has 0 aliphatic carbocycles. The monoisotopic (exact) mass is 306 g/mol. The van der Waals surface area contributed by atoms with E-state index in [1.54, 1.807) is 32.4 Å². The van der Waals surface area contributed by atoms with Gasteiger partial charge in [0, 0.05) is 18.2 Å². The van der Waals surface area contributed by atoms with Crippen LogP contribution in [0.25, 0.3) is 0 Å². The van der Waals surface area contributed by atoms with Crippen LogP contribution in [0.15, 0.2) is 18.2 Å². The first-order valence-corrected chi connectivity index (χ1v) is 7.96. The van der Waals surface area contributed by atoms with Gasteiger partial charge in [-0.25, -0.2) is 0 Å². The summed E-state index contributed by atoms with van der Waals surface area (Å²) < 4.78 is 10.4. The van der Waals surface area contributed by atoms with Gasteiger partial charge >= 0.3 is 0 Å². The highest BCUT2D eigenvalue weighted by Crippen LogP contribution is 2.22. The van der Waals surface area contributed by atoms with Crippen LogP contribution in [0, 0.1) is 0 Å². The van der Waals surface area contributed by atoms with E-state index in [2.05, 4.69) is 10.2 Å². The molecule has 5 nitrogen and oxygen atoms in total. The maximum Gasteiger partial charge on any atom is 0.251 e. The number of methoxy groups -OCH3 is 2. The lowest BCUT2D eigenvalue weighted by Crippen LogP contribution is -2.26. The Morgan fingerprint density at radius 2 is 1.73 bits per heavy atom. The van der Waals surface area contributed by atoms with Crippen LogP contribution in [-0.2, 0) is 0 Å². The standard InChI is InChI=1S/C17H26N2O3/c1-21-15-11-14(12-16(13-15)22-2)17(20)18-7-3-4-8-19-9-5-6-10-19/h11-13H,3-10H2,1-2H3,(H,18,20). The quantitative estimate of drug-likeness (QED) is 0.749. The first-order chi connectivity index (χ1) is 10.7. The van der Waals surface area contributed by atoms with Gasteiger partial charge in [-0.1, -0.05) is 0 Å². The van der Waals surface area contributed by atoms with Gasteiger partial charge in [-0.05, 0) is 57.5 Å². The van der Waals surface area contributed by atoms with Gasteiger partial charge in [-0.15, -0.1) is 0 Å². The number of rotatable bonds is 8. The minimum atomic E-state index is -0.0848. The molecule has 2 rings (SSSR count). The fourth-order valence-electron chi connectivity index (χ4n) is 2.71. The van der Waals surface area contributed by atoms with Crippen molar-refractivity contribution >= 4 is 5.91 Å². The average molecular weight is 306 g/mol. The van der Waals surface area contributed by atoms with E-state index in [1.165, 1.54) is 25.9 Å². The Hall–Kier alpha value is -1.75. The number of nitrogens with zero attached hydrogens (tertiary/aromatic N) is 1. The van der Waals surface area contributed by atoms with E-state index in [9.17, 15) is 4.79 Å². The molecule has 0 aromatic heterocycles. The zero-order chi connectivity index (χ0) is 15.8. The van der Waals surface area contributed by atoms with Crippen LogP contribution < -0.4 is 14.8 Å². The van der Waals surface area contributed by atoms with Crippen LogP contribution >= 0.6 is 0 Å². The smallest absolute Gasteiger partial charge is 0.251 e. The fraction of sp³-hybridized carbons (Fsp3) is 0.588. The number of likely N-dealkylation sites (tertiary alicyclic amines) is 1. The van der Waals surface area contributed by atoms with E-state index >= 15 is 0 Å². The molecule has 1 N–H and O–H groups in total. The second-order valence-electron chi connectivity index (χ2n) is 5.61. The molecule has 0 unspecified atom stereocenters. The lowest BCUT2D eigenvalue weighted by atomic mass is 10.2. The zero-order valence-electron chi connectivity index (χ0n) is 13.6. The summed E-state index contributed by atoms with van der Waals surface area (Å²) in [6.07, 6.45) is 4.79. The number of carbonyl (C=O) groups is 1. The van der Waals surface area contributed by atoms with Gasteiger partial charge in [0.05, 0.1) is 14.2 Å². The molecule has 5 heteroatoms. The third-order valence-corrected chi connectivity index (χ3v) is 4.00. The molecular weight excluding hydrogens is 280 g/mol. The topological polar surface area (TPSA) is 50.8 Å². The van der Waals surface area contributed by atoms with Crippen molar-refractivity contribution in [2.45, 2.75) is 25.7 Å². The summed E-state index contributed by atoms with van der Waals surface area (Å²) in [5, 5.41) is 2.96. The summed E-state index contributed by atoms with van der Waals surface area (Å²) in [6, 6.07) is 5.21. The summed E-state index contributed by atoms with van der Waals surface area (Å²) in [5.74, 6) is 1.16. The van der Waals surface area contributed by atoms with E-state index < -0.39 is 0 Å². The summed E-state index contributed by atoms with van der Waals surface area (Å²) in [6.45, 7) is 4.31. The summed E-state index contributed by atoms with van der Waals surface area (Å²) in [5.41, 5.74) is 0.566. The third-order valence-electron chi connectivity index (χ3n) is 4.00. The minimum Gasteiger partial charge on any atom is -0.497 e. The Bertz CT molecular complexity index is 463. The van der Waals surface area contributed by atoms with Crippen molar-refractivity contribution in [3.05, 3.63) is 23.8 Å². The van der Waals surface area contributed by atoms with E-state index in [0.29, 0.717) is 23.6 Å². The number of nitrogens with one attached hydrogen (secondary N) is 1. The molecule has 1 aliphatic heterocycles. The number of unbranched alkanes of at least 4 members (excludes halogenated alkanes) is 1. The third kappa shape index (κ3) is 4.91. The van der Waals surface area contributed by atoms with Crippen molar-refractivity contribution in [1.82, 2.24) is 10.2 Å². The minimum absolute atomic E-state index is 0.0848. The normalized spacial score (nSPS) is 14.8. The Balaban J connectivity index is 1.74. The van der Waals surface area contributed by atoms with Crippen molar-refractivity contribution in [2.24, 2.45) is 0 Å². The van der Waals surface area contributed by atoms with E-state index in [-0.39, 0.29) is 5.91 Å². The van der Waals surface area contributed by atoms with Crippen molar-refractivity contribution in [1.29, 1.82) is 0 Å². The van der Waals surface area contributed by atoms with E-state index in [0.717, 1.165) is 19.4 Å². The first kappa shape index (κ1) is 16.6. The highest BCUT2D eigenvalue weighted by atomic mass is 16.5. The molecule has 1 aliphatic rings. The summed E-state index contributed by atoms with van der Waals surface area (Å²) in [4.78, 5) is 14.7. The molecule has 1 aromatic rings. The Morgan fingerprint density at radius 3 is 2.32 bits per heavy atom. The molecule has 1 amide bonds. The number of carbonyl (C=O) groups excluding carboxylic acids is 1. The fourth-order valence-corrected chi connectivity index (χ4v) is 2.71. The molecule has 1 saturated heterocycles. The Kier molecular flexibility index (Phi) is 6.52. The van der Waals surface area contributed by atoms with Crippen molar-refractivity contribution in [3.8, 4) is 11.5 Å². The SMILES string of the molecule is COc1cc(OC)cc(C(=O)NCCCCN2CCCC2)c1. The lowest BCUT2D eigenvalue weighted by molar-refractivity contribution is 0.0952. The zero-order valence-corrected chi connectivity index (χ0v) is 13.6. The second-order valence-corrected chi connectivity index (χ2v) is 5.61. The molecule has 0 saturated carbocycles. The summed E-state index contributed by atoms with van der Waals surface area (Å²) in [7, 11) is 3.16. The van der Waals surface area contributed by atoms with Gasteiger partial charge in [0.25, 0.3) is 5.91 Å². The van der Waals surface area contributed by atoms with Crippen LogP contribution in [-0.4, -0.2) is 51.2 Å². The van der Waals surface area contributed by atoms with Crippen LogP contribution in [0.5, 0.6) is 11.5 Å². The number of hydrogen-bond acceptors (Lipinski definition) is 4. The van der Waals surface area contributed by atoms with Crippen molar-refractivity contribution in [3.63, 3.8) is 0 Å². The molecule has 0 atom stereocenters.